The Labute approximate surface area is 133 Å². The van der Waals surface area contributed by atoms with Crippen LogP contribution in [0.25, 0.3) is 10.8 Å². The molecule has 0 saturated carbocycles. The van der Waals surface area contributed by atoms with E-state index in [-0.39, 0.29) is 11.5 Å². The fraction of sp³-hybridized carbons (Fsp3) is 0.158. The second-order valence-electron chi connectivity index (χ2n) is 5.25. The van der Waals surface area contributed by atoms with Gasteiger partial charge in [-0.3, -0.25) is 4.79 Å². The number of nitrogens with zero attached hydrogens (tertiary/aromatic N) is 1. The van der Waals surface area contributed by atoms with Crippen LogP contribution in [0, 0.1) is 0 Å². The smallest absolute Gasteiger partial charge is 0.338 e. The Kier molecular flexibility index (Phi) is 4.24. The van der Waals surface area contributed by atoms with Crippen LogP contribution < -0.4 is 5.56 Å². The number of pyridine rings is 1. The summed E-state index contributed by atoms with van der Waals surface area (Å²) in [5.74, 6) is -0.332. The second kappa shape index (κ2) is 6.48. The first-order chi connectivity index (χ1) is 11.2. The lowest BCUT2D eigenvalue weighted by atomic mass is 10.1. The minimum absolute atomic E-state index is 0.0161. The van der Waals surface area contributed by atoms with Crippen LogP contribution in [0.5, 0.6) is 0 Å². The van der Waals surface area contributed by atoms with Crippen LogP contribution >= 0.6 is 0 Å². The van der Waals surface area contributed by atoms with Gasteiger partial charge in [-0.1, -0.05) is 30.3 Å². The molecule has 116 valence electrons. The monoisotopic (exact) mass is 307 g/mol. The summed E-state index contributed by atoms with van der Waals surface area (Å²) < 4.78 is 6.63. The maximum absolute atomic E-state index is 12.5. The lowest BCUT2D eigenvalue weighted by Crippen LogP contribution is -2.20. The summed E-state index contributed by atoms with van der Waals surface area (Å²) in [4.78, 5) is 24.1. The molecule has 1 heterocycles. The maximum atomic E-state index is 12.5. The lowest BCUT2D eigenvalue weighted by molar-refractivity contribution is 0.0526. The van der Waals surface area contributed by atoms with Gasteiger partial charge in [-0.2, -0.15) is 0 Å². The third kappa shape index (κ3) is 3.16. The normalized spacial score (nSPS) is 10.7. The van der Waals surface area contributed by atoms with Crippen molar-refractivity contribution in [2.75, 3.05) is 6.61 Å². The van der Waals surface area contributed by atoms with E-state index in [4.69, 9.17) is 4.74 Å². The largest absolute Gasteiger partial charge is 0.462 e. The van der Waals surface area contributed by atoms with Gasteiger partial charge in [-0.25, -0.2) is 4.79 Å². The van der Waals surface area contributed by atoms with Crippen LogP contribution in [0.1, 0.15) is 22.8 Å². The van der Waals surface area contributed by atoms with Gasteiger partial charge in [-0.15, -0.1) is 0 Å². The fourth-order valence-corrected chi connectivity index (χ4v) is 2.51. The third-order valence-corrected chi connectivity index (χ3v) is 3.70. The molecule has 3 rings (SSSR count). The summed E-state index contributed by atoms with van der Waals surface area (Å²) in [5, 5.41) is 1.64. The summed E-state index contributed by atoms with van der Waals surface area (Å²) in [6.07, 6.45) is 1.80. The minimum atomic E-state index is -0.332. The fourth-order valence-electron chi connectivity index (χ4n) is 2.51. The molecule has 0 radical (unpaired) electrons. The summed E-state index contributed by atoms with van der Waals surface area (Å²) in [5.41, 5.74) is 1.45. The first-order valence-corrected chi connectivity index (χ1v) is 7.53. The first kappa shape index (κ1) is 15.0. The molecule has 2 aromatic carbocycles. The number of carbonyl (C=O) groups excluding carboxylic acids is 1. The number of carbonyl (C=O) groups is 1. The molecule has 0 aliphatic carbocycles. The maximum Gasteiger partial charge on any atom is 0.338 e. The number of aromatic nitrogens is 1. The standard InChI is InChI=1S/C19H17NO3/c1-2-23-19(22)16-9-7-14(8-10-16)13-20-12-11-15-5-3-4-6-17(15)18(20)21/h3-12H,2,13H2,1H3. The summed E-state index contributed by atoms with van der Waals surface area (Å²) >= 11 is 0. The second-order valence-corrected chi connectivity index (χ2v) is 5.25. The average molecular weight is 307 g/mol. The Balaban J connectivity index is 1.86. The molecule has 0 aliphatic heterocycles. The van der Waals surface area contributed by atoms with Gasteiger partial charge in [-0.05, 0) is 42.1 Å². The number of hydrogen-bond donors (Lipinski definition) is 0. The summed E-state index contributed by atoms with van der Waals surface area (Å²) in [7, 11) is 0. The number of benzene rings is 2. The molecule has 0 bridgehead atoms. The molecule has 3 aromatic rings. The summed E-state index contributed by atoms with van der Waals surface area (Å²) in [6, 6.07) is 16.6. The zero-order valence-electron chi connectivity index (χ0n) is 12.9. The zero-order valence-corrected chi connectivity index (χ0v) is 12.9. The molecule has 4 heteroatoms. The van der Waals surface area contributed by atoms with Gasteiger partial charge in [0.1, 0.15) is 0 Å². The first-order valence-electron chi connectivity index (χ1n) is 7.53. The quantitative estimate of drug-likeness (QED) is 0.695. The molecule has 0 atom stereocenters. The Morgan fingerprint density at radius 1 is 1.04 bits per heavy atom. The van der Waals surface area contributed by atoms with E-state index in [1.807, 2.05) is 42.5 Å². The molecule has 0 aliphatic rings. The third-order valence-electron chi connectivity index (χ3n) is 3.70. The van der Waals surface area contributed by atoms with E-state index in [0.29, 0.717) is 24.1 Å². The van der Waals surface area contributed by atoms with E-state index in [0.717, 1.165) is 10.9 Å². The average Bonchev–Trinajstić information content (AvgIpc) is 2.58. The van der Waals surface area contributed by atoms with Crippen molar-refractivity contribution < 1.29 is 9.53 Å². The Bertz CT molecular complexity index is 894. The van der Waals surface area contributed by atoms with E-state index >= 15 is 0 Å². The van der Waals surface area contributed by atoms with Crippen molar-refractivity contribution in [2.24, 2.45) is 0 Å². The number of rotatable bonds is 4. The SMILES string of the molecule is CCOC(=O)c1ccc(Cn2ccc3ccccc3c2=O)cc1. The Morgan fingerprint density at radius 2 is 1.78 bits per heavy atom. The molecule has 0 unspecified atom stereocenters. The van der Waals surface area contributed by atoms with Crippen molar-refractivity contribution in [3.8, 4) is 0 Å². The topological polar surface area (TPSA) is 48.3 Å². The van der Waals surface area contributed by atoms with Crippen molar-refractivity contribution in [3.63, 3.8) is 0 Å². The lowest BCUT2D eigenvalue weighted by Gasteiger charge is -2.08. The molecule has 0 fully saturated rings. The molecule has 1 aromatic heterocycles. The van der Waals surface area contributed by atoms with E-state index < -0.39 is 0 Å². The molecular weight excluding hydrogens is 290 g/mol. The van der Waals surface area contributed by atoms with Gasteiger partial charge in [0.15, 0.2) is 0 Å². The van der Waals surface area contributed by atoms with Gasteiger partial charge in [0.05, 0.1) is 18.7 Å². The number of hydrogen-bond acceptors (Lipinski definition) is 3. The van der Waals surface area contributed by atoms with Crippen molar-refractivity contribution in [3.05, 3.63) is 82.3 Å². The summed E-state index contributed by atoms with van der Waals surface area (Å²) in [6.45, 7) is 2.60. The molecular formula is C19H17NO3. The van der Waals surface area contributed by atoms with Crippen LogP contribution in [-0.4, -0.2) is 17.1 Å². The van der Waals surface area contributed by atoms with Gasteiger partial charge in [0, 0.05) is 11.6 Å². The highest BCUT2D eigenvalue weighted by atomic mass is 16.5. The highest BCUT2D eigenvalue weighted by Gasteiger charge is 2.07. The molecule has 4 nitrogen and oxygen atoms in total. The van der Waals surface area contributed by atoms with Crippen LogP contribution in [0.2, 0.25) is 0 Å². The Morgan fingerprint density at radius 3 is 2.52 bits per heavy atom. The molecule has 23 heavy (non-hydrogen) atoms. The van der Waals surface area contributed by atoms with E-state index in [1.54, 1.807) is 29.8 Å². The van der Waals surface area contributed by atoms with Gasteiger partial charge < -0.3 is 9.30 Å². The predicted molar refractivity (Wildman–Crippen MR) is 89.7 cm³/mol. The van der Waals surface area contributed by atoms with Crippen LogP contribution in [0.15, 0.2) is 65.6 Å². The molecule has 0 N–H and O–H groups in total. The van der Waals surface area contributed by atoms with Crippen LogP contribution in [0.3, 0.4) is 0 Å². The number of ether oxygens (including phenoxy) is 1. The number of fused-ring (bicyclic) bond motifs is 1. The highest BCUT2D eigenvalue weighted by molar-refractivity contribution is 5.89. The number of esters is 1. The highest BCUT2D eigenvalue weighted by Crippen LogP contribution is 2.11. The predicted octanol–water partition coefficient (Wildman–Crippen LogP) is 3.23. The van der Waals surface area contributed by atoms with E-state index in [9.17, 15) is 9.59 Å². The van der Waals surface area contributed by atoms with Crippen LogP contribution in [-0.2, 0) is 11.3 Å². The molecule has 0 spiro atoms. The zero-order chi connectivity index (χ0) is 16.2. The van der Waals surface area contributed by atoms with Crippen molar-refractivity contribution in [1.29, 1.82) is 0 Å². The Hall–Kier alpha value is -2.88. The molecule has 0 saturated heterocycles. The minimum Gasteiger partial charge on any atom is -0.462 e. The van der Waals surface area contributed by atoms with Gasteiger partial charge >= 0.3 is 5.97 Å². The van der Waals surface area contributed by atoms with E-state index in [2.05, 4.69) is 0 Å². The van der Waals surface area contributed by atoms with Gasteiger partial charge in [0.2, 0.25) is 0 Å². The van der Waals surface area contributed by atoms with Crippen LogP contribution in [0.4, 0.5) is 0 Å². The van der Waals surface area contributed by atoms with Crippen molar-refractivity contribution in [2.45, 2.75) is 13.5 Å². The van der Waals surface area contributed by atoms with Crippen molar-refractivity contribution >= 4 is 16.7 Å². The van der Waals surface area contributed by atoms with Gasteiger partial charge in [0.25, 0.3) is 5.56 Å². The van der Waals surface area contributed by atoms with Crippen molar-refractivity contribution in [1.82, 2.24) is 4.57 Å². The molecule has 0 amide bonds. The van der Waals surface area contributed by atoms with E-state index in [1.165, 1.54) is 0 Å².